The monoisotopic (exact) mass is 458 g/mol. The van der Waals surface area contributed by atoms with Gasteiger partial charge < -0.3 is 4.42 Å². The fourth-order valence-corrected chi connectivity index (χ4v) is 6.29. The lowest BCUT2D eigenvalue weighted by atomic mass is 10.0. The van der Waals surface area contributed by atoms with Crippen LogP contribution in [0.3, 0.4) is 0 Å². The topological polar surface area (TPSA) is 38.9 Å². The summed E-state index contributed by atoms with van der Waals surface area (Å²) in [5, 5.41) is 4.82. The maximum absolute atomic E-state index is 6.00. The van der Waals surface area contributed by atoms with E-state index in [0.717, 1.165) is 38.8 Å². The number of benzene rings is 3. The van der Waals surface area contributed by atoms with Gasteiger partial charge in [-0.25, -0.2) is 9.97 Å². The van der Waals surface area contributed by atoms with Crippen LogP contribution >= 0.6 is 0 Å². The molecule has 0 bridgehead atoms. The van der Waals surface area contributed by atoms with Crippen LogP contribution in [0, 0.1) is 6.92 Å². The van der Waals surface area contributed by atoms with Crippen LogP contribution < -0.4 is 5.19 Å². The summed E-state index contributed by atoms with van der Waals surface area (Å²) >= 11 is 0. The van der Waals surface area contributed by atoms with Gasteiger partial charge in [0.2, 0.25) is 5.71 Å². The second-order valence-corrected chi connectivity index (χ2v) is 15.1. The Morgan fingerprint density at radius 3 is 2.21 bits per heavy atom. The summed E-state index contributed by atoms with van der Waals surface area (Å²) in [5.74, 6) is 0. The zero-order valence-electron chi connectivity index (χ0n) is 19.9. The van der Waals surface area contributed by atoms with E-state index < -0.39 is 8.07 Å². The van der Waals surface area contributed by atoms with Gasteiger partial charge in [-0.1, -0.05) is 56.0 Å². The van der Waals surface area contributed by atoms with Gasteiger partial charge in [-0.3, -0.25) is 0 Å². The van der Waals surface area contributed by atoms with Crippen molar-refractivity contribution in [1.82, 2.24) is 9.97 Å². The predicted octanol–water partition coefficient (Wildman–Crippen LogP) is 7.72. The largest absolute Gasteiger partial charge is 0.438 e. The minimum absolute atomic E-state index is 0.690. The standard InChI is InChI=1S/C30H26N2OSi/c1-19-10-13-23-24-17-22(12-15-28(24)33-30(23)31-19)27-18-29(34(2,3)4)25-16-21(11-14-26(25)32-27)20-8-6-5-7-9-20/h5-18H,1-4H3. The first-order chi connectivity index (χ1) is 16.4. The maximum atomic E-state index is 6.00. The summed E-state index contributed by atoms with van der Waals surface area (Å²) in [7, 11) is -1.65. The molecule has 166 valence electrons. The lowest BCUT2D eigenvalue weighted by molar-refractivity contribution is 0.652. The summed E-state index contributed by atoms with van der Waals surface area (Å²) in [4.78, 5) is 9.67. The van der Waals surface area contributed by atoms with E-state index in [0.29, 0.717) is 5.71 Å². The Kier molecular flexibility index (Phi) is 4.68. The van der Waals surface area contributed by atoms with Crippen LogP contribution in [-0.2, 0) is 0 Å². The van der Waals surface area contributed by atoms with Crippen molar-refractivity contribution in [2.45, 2.75) is 26.6 Å². The van der Waals surface area contributed by atoms with Gasteiger partial charge in [0.05, 0.1) is 19.3 Å². The summed E-state index contributed by atoms with van der Waals surface area (Å²) < 4.78 is 6.00. The average molecular weight is 459 g/mol. The molecule has 3 heterocycles. The van der Waals surface area contributed by atoms with E-state index >= 15 is 0 Å². The lowest BCUT2D eigenvalue weighted by Gasteiger charge is -2.21. The van der Waals surface area contributed by atoms with Crippen LogP contribution in [0.4, 0.5) is 0 Å². The molecule has 3 aromatic heterocycles. The third-order valence-corrected chi connectivity index (χ3v) is 8.53. The minimum atomic E-state index is -1.65. The number of aryl methyl sites for hydroxylation is 1. The molecule has 3 aromatic carbocycles. The molecule has 0 unspecified atom stereocenters. The third kappa shape index (κ3) is 3.51. The molecule has 6 rings (SSSR count). The van der Waals surface area contributed by atoms with Gasteiger partial charge in [0.15, 0.2) is 0 Å². The molecule has 0 spiro atoms. The number of pyridine rings is 2. The minimum Gasteiger partial charge on any atom is -0.438 e. The molecule has 0 N–H and O–H groups in total. The fraction of sp³-hybridized carbons (Fsp3) is 0.133. The zero-order chi connectivity index (χ0) is 23.4. The van der Waals surface area contributed by atoms with Crippen molar-refractivity contribution >= 4 is 46.2 Å². The molecule has 0 aliphatic heterocycles. The highest BCUT2D eigenvalue weighted by molar-refractivity contribution is 6.90. The van der Waals surface area contributed by atoms with Crippen molar-refractivity contribution in [3.63, 3.8) is 0 Å². The van der Waals surface area contributed by atoms with Gasteiger partial charge in [-0.2, -0.15) is 0 Å². The Morgan fingerprint density at radius 1 is 0.647 bits per heavy atom. The molecule has 0 radical (unpaired) electrons. The first-order valence-corrected chi connectivity index (χ1v) is 15.2. The van der Waals surface area contributed by atoms with Gasteiger partial charge in [-0.05, 0) is 71.8 Å². The van der Waals surface area contributed by atoms with Crippen LogP contribution in [0.5, 0.6) is 0 Å². The number of hydrogen-bond donors (Lipinski definition) is 0. The van der Waals surface area contributed by atoms with E-state index in [1.807, 2.05) is 19.1 Å². The molecule has 3 nitrogen and oxygen atoms in total. The number of fused-ring (bicyclic) bond motifs is 4. The van der Waals surface area contributed by atoms with Crippen molar-refractivity contribution < 1.29 is 4.42 Å². The molecule has 4 heteroatoms. The number of furan rings is 1. The van der Waals surface area contributed by atoms with Crippen molar-refractivity contribution in [3.8, 4) is 22.4 Å². The Morgan fingerprint density at radius 2 is 1.41 bits per heavy atom. The Balaban J connectivity index is 1.56. The van der Waals surface area contributed by atoms with E-state index in [4.69, 9.17) is 9.40 Å². The third-order valence-electron chi connectivity index (χ3n) is 6.50. The quantitative estimate of drug-likeness (QED) is 0.255. The first-order valence-electron chi connectivity index (χ1n) is 11.7. The second kappa shape index (κ2) is 7.64. The van der Waals surface area contributed by atoms with E-state index in [9.17, 15) is 0 Å². The van der Waals surface area contributed by atoms with Gasteiger partial charge in [0, 0.05) is 27.4 Å². The van der Waals surface area contributed by atoms with Gasteiger partial charge in [-0.15, -0.1) is 0 Å². The molecule has 0 aliphatic carbocycles. The van der Waals surface area contributed by atoms with Crippen molar-refractivity contribution in [2.75, 3.05) is 0 Å². The Bertz CT molecular complexity index is 1690. The molecule has 34 heavy (non-hydrogen) atoms. The normalized spacial score (nSPS) is 12.1. The molecular weight excluding hydrogens is 432 g/mol. The average Bonchev–Trinajstić information content (AvgIpc) is 3.19. The number of hydrogen-bond acceptors (Lipinski definition) is 3. The van der Waals surface area contributed by atoms with E-state index in [1.54, 1.807) is 0 Å². The molecule has 0 aliphatic rings. The number of aromatic nitrogens is 2. The second-order valence-electron chi connectivity index (χ2n) is 10.0. The highest BCUT2D eigenvalue weighted by Crippen LogP contribution is 2.32. The van der Waals surface area contributed by atoms with Crippen molar-refractivity contribution in [3.05, 3.63) is 90.6 Å². The first kappa shape index (κ1) is 20.8. The molecule has 0 saturated carbocycles. The van der Waals surface area contributed by atoms with Gasteiger partial charge in [0.1, 0.15) is 5.58 Å². The molecule has 0 saturated heterocycles. The van der Waals surface area contributed by atoms with Crippen LogP contribution in [0.2, 0.25) is 19.6 Å². The van der Waals surface area contributed by atoms with Crippen LogP contribution in [-0.4, -0.2) is 18.0 Å². The van der Waals surface area contributed by atoms with Crippen LogP contribution in [0.1, 0.15) is 5.69 Å². The van der Waals surface area contributed by atoms with E-state index in [-0.39, 0.29) is 0 Å². The summed E-state index contributed by atoms with van der Waals surface area (Å²) in [5.41, 5.74) is 8.12. The smallest absolute Gasteiger partial charge is 0.227 e. The van der Waals surface area contributed by atoms with Gasteiger partial charge >= 0.3 is 0 Å². The highest BCUT2D eigenvalue weighted by Gasteiger charge is 2.22. The van der Waals surface area contributed by atoms with E-state index in [2.05, 4.69) is 97.4 Å². The lowest BCUT2D eigenvalue weighted by Crippen LogP contribution is -2.38. The van der Waals surface area contributed by atoms with Crippen molar-refractivity contribution in [1.29, 1.82) is 0 Å². The van der Waals surface area contributed by atoms with Crippen LogP contribution in [0.15, 0.2) is 89.3 Å². The Hall–Kier alpha value is -3.76. The predicted molar refractivity (Wildman–Crippen MR) is 145 cm³/mol. The molecule has 0 atom stereocenters. The Labute approximate surface area is 200 Å². The molecule has 0 amide bonds. The summed E-state index contributed by atoms with van der Waals surface area (Å²) in [6.45, 7) is 9.20. The van der Waals surface area contributed by atoms with Gasteiger partial charge in [0.25, 0.3) is 0 Å². The summed E-state index contributed by atoms with van der Waals surface area (Å²) in [6.07, 6.45) is 0. The molecule has 6 aromatic rings. The zero-order valence-corrected chi connectivity index (χ0v) is 20.9. The van der Waals surface area contributed by atoms with E-state index in [1.165, 1.54) is 21.7 Å². The molecular formula is C30H26N2OSi. The molecule has 0 fully saturated rings. The fourth-order valence-electron chi connectivity index (χ4n) is 4.71. The maximum Gasteiger partial charge on any atom is 0.227 e. The van der Waals surface area contributed by atoms with Crippen LogP contribution in [0.25, 0.3) is 55.4 Å². The SMILES string of the molecule is Cc1ccc2c(n1)oc1ccc(-c3cc([Si](C)(C)C)c4cc(-c5ccccc5)ccc4n3)cc12. The number of nitrogens with zero attached hydrogens (tertiary/aromatic N) is 2. The number of rotatable bonds is 3. The highest BCUT2D eigenvalue weighted by atomic mass is 28.3. The summed E-state index contributed by atoms with van der Waals surface area (Å²) in [6, 6.07) is 30.0. The van der Waals surface area contributed by atoms with Crippen molar-refractivity contribution in [2.24, 2.45) is 0 Å².